The molecular weight excluding hydrogens is 314 g/mol. The molecule has 1 aromatic carbocycles. The van der Waals surface area contributed by atoms with Gasteiger partial charge in [-0.3, -0.25) is 4.79 Å². The normalized spacial score (nSPS) is 21.5. The summed E-state index contributed by atoms with van der Waals surface area (Å²) in [6.07, 6.45) is 6.03. The second-order valence-corrected chi connectivity index (χ2v) is 7.27. The molecule has 138 valence electrons. The average Bonchev–Trinajstić information content (AvgIpc) is 3.14. The summed E-state index contributed by atoms with van der Waals surface area (Å²) < 4.78 is 5.69. The molecule has 0 saturated carbocycles. The Labute approximate surface area is 151 Å². The van der Waals surface area contributed by atoms with Gasteiger partial charge < -0.3 is 20.3 Å². The lowest BCUT2D eigenvalue weighted by Gasteiger charge is -2.38. The molecule has 0 aliphatic carbocycles. The van der Waals surface area contributed by atoms with Crippen molar-refractivity contribution in [2.45, 2.75) is 45.1 Å². The van der Waals surface area contributed by atoms with Crippen molar-refractivity contribution in [3.05, 3.63) is 29.3 Å². The molecule has 2 aliphatic heterocycles. The van der Waals surface area contributed by atoms with E-state index in [2.05, 4.69) is 9.80 Å². The summed E-state index contributed by atoms with van der Waals surface area (Å²) in [5, 5.41) is 0. The van der Waals surface area contributed by atoms with E-state index in [1.54, 1.807) is 0 Å². The van der Waals surface area contributed by atoms with Crippen molar-refractivity contribution < 1.29 is 9.53 Å². The number of benzene rings is 1. The van der Waals surface area contributed by atoms with E-state index < -0.39 is 0 Å². The third-order valence-electron chi connectivity index (χ3n) is 5.37. The van der Waals surface area contributed by atoms with E-state index in [9.17, 15) is 4.79 Å². The first-order chi connectivity index (χ1) is 12.2. The molecule has 0 aromatic heterocycles. The van der Waals surface area contributed by atoms with Crippen LogP contribution in [0.2, 0.25) is 0 Å². The van der Waals surface area contributed by atoms with E-state index in [0.29, 0.717) is 19.2 Å². The molecule has 2 heterocycles. The molecule has 0 radical (unpaired) electrons. The molecular formula is C20H31N3O2. The Kier molecular flexibility index (Phi) is 6.32. The number of hydrogen-bond acceptors (Lipinski definition) is 4. The molecule has 25 heavy (non-hydrogen) atoms. The van der Waals surface area contributed by atoms with Crippen LogP contribution in [0.4, 0.5) is 0 Å². The Bertz CT molecular complexity index is 584. The fourth-order valence-electron chi connectivity index (χ4n) is 3.94. The van der Waals surface area contributed by atoms with Crippen LogP contribution in [0.25, 0.3) is 0 Å². The molecule has 0 bridgehead atoms. The van der Waals surface area contributed by atoms with Gasteiger partial charge in [0.25, 0.3) is 5.91 Å². The molecule has 2 saturated heterocycles. The van der Waals surface area contributed by atoms with Crippen LogP contribution in [0, 0.1) is 6.92 Å². The summed E-state index contributed by atoms with van der Waals surface area (Å²) >= 11 is 0. The number of hydrogen-bond donors (Lipinski definition) is 1. The SMILES string of the molecule is Cc1ccc(C(=O)N2CCCC[C@@H]2CN2CCCC2)cc1OCCN. The van der Waals surface area contributed by atoms with Gasteiger partial charge in [-0.25, -0.2) is 0 Å². The summed E-state index contributed by atoms with van der Waals surface area (Å²) in [6, 6.07) is 6.12. The van der Waals surface area contributed by atoms with Crippen LogP contribution in [-0.4, -0.2) is 61.1 Å². The molecule has 5 heteroatoms. The number of piperidine rings is 1. The molecule has 2 fully saturated rings. The van der Waals surface area contributed by atoms with Crippen LogP contribution in [0.3, 0.4) is 0 Å². The number of carbonyl (C=O) groups excluding carboxylic acids is 1. The average molecular weight is 345 g/mol. The van der Waals surface area contributed by atoms with Gasteiger partial charge in [0.05, 0.1) is 0 Å². The minimum Gasteiger partial charge on any atom is -0.492 e. The lowest BCUT2D eigenvalue weighted by molar-refractivity contribution is 0.0560. The van der Waals surface area contributed by atoms with Crippen LogP contribution < -0.4 is 10.5 Å². The Morgan fingerprint density at radius 1 is 1.20 bits per heavy atom. The number of ether oxygens (including phenoxy) is 1. The van der Waals surface area contributed by atoms with Crippen LogP contribution in [-0.2, 0) is 0 Å². The molecule has 2 N–H and O–H groups in total. The van der Waals surface area contributed by atoms with E-state index in [4.69, 9.17) is 10.5 Å². The smallest absolute Gasteiger partial charge is 0.254 e. The summed E-state index contributed by atoms with van der Waals surface area (Å²) in [5.41, 5.74) is 7.30. The number of amides is 1. The third-order valence-corrected chi connectivity index (χ3v) is 5.37. The van der Waals surface area contributed by atoms with Gasteiger partial charge in [-0.2, -0.15) is 0 Å². The van der Waals surface area contributed by atoms with Crippen LogP contribution in [0.1, 0.15) is 48.0 Å². The molecule has 1 atom stereocenters. The summed E-state index contributed by atoms with van der Waals surface area (Å²) in [6.45, 7) is 7.19. The minimum absolute atomic E-state index is 0.140. The standard InChI is InChI=1S/C20H31N3O2/c1-16-7-8-17(14-19(16)25-13-9-21)20(24)23-12-3-2-6-18(23)15-22-10-4-5-11-22/h7-8,14,18H,2-6,9-13,15,21H2,1H3/t18-/m1/s1. The van der Waals surface area contributed by atoms with E-state index in [-0.39, 0.29) is 5.91 Å². The van der Waals surface area contributed by atoms with Gasteiger partial charge in [0.15, 0.2) is 0 Å². The van der Waals surface area contributed by atoms with Gasteiger partial charge >= 0.3 is 0 Å². The highest BCUT2D eigenvalue weighted by Gasteiger charge is 2.29. The Morgan fingerprint density at radius 2 is 1.96 bits per heavy atom. The van der Waals surface area contributed by atoms with Crippen molar-refractivity contribution in [2.75, 3.05) is 39.3 Å². The number of nitrogens with two attached hydrogens (primary N) is 1. The zero-order valence-corrected chi connectivity index (χ0v) is 15.4. The lowest BCUT2D eigenvalue weighted by Crippen LogP contribution is -2.49. The zero-order valence-electron chi connectivity index (χ0n) is 15.4. The highest BCUT2D eigenvalue weighted by Crippen LogP contribution is 2.25. The van der Waals surface area contributed by atoms with Gasteiger partial charge in [-0.15, -0.1) is 0 Å². The number of rotatable bonds is 6. The third kappa shape index (κ3) is 4.53. The minimum atomic E-state index is 0.140. The van der Waals surface area contributed by atoms with Gasteiger partial charge in [-0.1, -0.05) is 6.07 Å². The maximum Gasteiger partial charge on any atom is 0.254 e. The zero-order chi connectivity index (χ0) is 17.6. The van der Waals surface area contributed by atoms with Gasteiger partial charge in [-0.05, 0) is 69.8 Å². The Balaban J connectivity index is 1.72. The lowest BCUT2D eigenvalue weighted by atomic mass is 9.99. The summed E-state index contributed by atoms with van der Waals surface area (Å²) in [4.78, 5) is 17.8. The Hall–Kier alpha value is -1.59. The van der Waals surface area contributed by atoms with Crippen LogP contribution in [0.5, 0.6) is 5.75 Å². The first kappa shape index (κ1) is 18.2. The van der Waals surface area contributed by atoms with E-state index >= 15 is 0 Å². The van der Waals surface area contributed by atoms with Gasteiger partial charge in [0, 0.05) is 31.2 Å². The summed E-state index contributed by atoms with van der Waals surface area (Å²) in [7, 11) is 0. The second-order valence-electron chi connectivity index (χ2n) is 7.27. The van der Waals surface area contributed by atoms with Crippen LogP contribution in [0.15, 0.2) is 18.2 Å². The van der Waals surface area contributed by atoms with E-state index in [1.165, 1.54) is 32.4 Å². The first-order valence-electron chi connectivity index (χ1n) is 9.66. The van der Waals surface area contributed by atoms with Gasteiger partial charge in [0.1, 0.15) is 12.4 Å². The number of carbonyl (C=O) groups is 1. The maximum atomic E-state index is 13.1. The van der Waals surface area contributed by atoms with E-state index in [0.717, 1.165) is 42.8 Å². The van der Waals surface area contributed by atoms with Crippen molar-refractivity contribution in [3.8, 4) is 5.75 Å². The topological polar surface area (TPSA) is 58.8 Å². The quantitative estimate of drug-likeness (QED) is 0.860. The predicted molar refractivity (Wildman–Crippen MR) is 100 cm³/mol. The van der Waals surface area contributed by atoms with E-state index in [1.807, 2.05) is 25.1 Å². The van der Waals surface area contributed by atoms with Crippen molar-refractivity contribution in [1.29, 1.82) is 0 Å². The predicted octanol–water partition coefficient (Wildman–Crippen LogP) is 2.42. The fraction of sp³-hybridized carbons (Fsp3) is 0.650. The van der Waals surface area contributed by atoms with Gasteiger partial charge in [0.2, 0.25) is 0 Å². The first-order valence-corrected chi connectivity index (χ1v) is 9.66. The summed E-state index contributed by atoms with van der Waals surface area (Å²) in [5.74, 6) is 0.908. The van der Waals surface area contributed by atoms with Crippen molar-refractivity contribution in [3.63, 3.8) is 0 Å². The van der Waals surface area contributed by atoms with Crippen molar-refractivity contribution in [2.24, 2.45) is 5.73 Å². The van der Waals surface area contributed by atoms with Crippen molar-refractivity contribution in [1.82, 2.24) is 9.80 Å². The fourth-order valence-corrected chi connectivity index (χ4v) is 3.94. The second kappa shape index (κ2) is 8.68. The van der Waals surface area contributed by atoms with Crippen LogP contribution >= 0.6 is 0 Å². The van der Waals surface area contributed by atoms with Crippen molar-refractivity contribution >= 4 is 5.91 Å². The molecule has 0 spiro atoms. The molecule has 2 aliphatic rings. The molecule has 3 rings (SSSR count). The monoisotopic (exact) mass is 345 g/mol. The highest BCUT2D eigenvalue weighted by atomic mass is 16.5. The maximum absolute atomic E-state index is 13.1. The number of likely N-dealkylation sites (tertiary alicyclic amines) is 2. The largest absolute Gasteiger partial charge is 0.492 e. The molecule has 1 amide bonds. The molecule has 1 aromatic rings. The molecule has 5 nitrogen and oxygen atoms in total. The Morgan fingerprint density at radius 3 is 2.72 bits per heavy atom. The number of aryl methyl sites for hydroxylation is 1. The highest BCUT2D eigenvalue weighted by molar-refractivity contribution is 5.95. The molecule has 0 unspecified atom stereocenters. The number of nitrogens with zero attached hydrogens (tertiary/aromatic N) is 2.